The zero-order valence-corrected chi connectivity index (χ0v) is 13.6. The Bertz CT molecular complexity index is 1050. The molecule has 4 nitrogen and oxygen atoms in total. The van der Waals surface area contributed by atoms with Crippen molar-refractivity contribution in [1.82, 2.24) is 0 Å². The summed E-state index contributed by atoms with van der Waals surface area (Å²) in [5.74, 6) is 0.656. The Morgan fingerprint density at radius 3 is 2.84 bits per heavy atom. The van der Waals surface area contributed by atoms with Crippen LogP contribution in [-0.4, -0.2) is 12.8 Å². The first-order chi connectivity index (χ1) is 12.3. The normalized spacial score (nSPS) is 20.6. The minimum atomic E-state index is -0.302. The summed E-state index contributed by atoms with van der Waals surface area (Å²) in [6, 6.07) is 15.8. The van der Waals surface area contributed by atoms with Gasteiger partial charge in [-0.2, -0.15) is 0 Å². The maximum absolute atomic E-state index is 12.7. The molecule has 124 valence electrons. The molecule has 0 unspecified atom stereocenters. The molecule has 0 saturated heterocycles. The molecule has 3 heterocycles. The summed E-state index contributed by atoms with van der Waals surface area (Å²) in [6.45, 7) is 4.58. The summed E-state index contributed by atoms with van der Waals surface area (Å²) in [7, 11) is 0. The molecular formula is C21H17NO3. The van der Waals surface area contributed by atoms with E-state index in [4.69, 9.17) is 9.15 Å². The van der Waals surface area contributed by atoms with Gasteiger partial charge in [-0.15, -0.1) is 6.58 Å². The molecule has 25 heavy (non-hydrogen) atoms. The van der Waals surface area contributed by atoms with E-state index in [1.807, 2.05) is 36.4 Å². The summed E-state index contributed by atoms with van der Waals surface area (Å²) < 4.78 is 11.9. The number of para-hydroxylation sites is 2. The molecule has 5 rings (SSSR count). The molecule has 0 spiro atoms. The van der Waals surface area contributed by atoms with Crippen LogP contribution in [0.15, 0.2) is 70.4 Å². The molecule has 1 aromatic heterocycles. The van der Waals surface area contributed by atoms with E-state index in [9.17, 15) is 4.79 Å². The molecule has 0 fully saturated rings. The Hall–Kier alpha value is -3.01. The van der Waals surface area contributed by atoms with Gasteiger partial charge in [0.15, 0.2) is 6.23 Å². The highest BCUT2D eigenvalue weighted by Crippen LogP contribution is 2.49. The number of hydrogen-bond donors (Lipinski definition) is 0. The van der Waals surface area contributed by atoms with Crippen molar-refractivity contribution in [1.29, 1.82) is 0 Å². The maximum Gasteiger partial charge on any atom is 0.343 e. The Morgan fingerprint density at radius 2 is 1.96 bits per heavy atom. The van der Waals surface area contributed by atoms with E-state index in [-0.39, 0.29) is 17.8 Å². The number of ether oxygens (including phenoxy) is 1. The van der Waals surface area contributed by atoms with Crippen LogP contribution in [0.2, 0.25) is 0 Å². The first-order valence-electron chi connectivity index (χ1n) is 8.47. The SMILES string of the molecule is C=CCN1c2ccccc2[C@@H]2C[C@H]1Oc1c2c(=O)oc2ccccc12. The molecular weight excluding hydrogens is 314 g/mol. The van der Waals surface area contributed by atoms with E-state index < -0.39 is 0 Å². The van der Waals surface area contributed by atoms with Gasteiger partial charge >= 0.3 is 5.63 Å². The third-order valence-electron chi connectivity index (χ3n) is 5.13. The zero-order valence-electron chi connectivity index (χ0n) is 13.6. The molecule has 4 heteroatoms. The lowest BCUT2D eigenvalue weighted by Crippen LogP contribution is -2.48. The highest BCUT2D eigenvalue weighted by molar-refractivity contribution is 5.85. The van der Waals surface area contributed by atoms with E-state index in [0.29, 0.717) is 23.4 Å². The van der Waals surface area contributed by atoms with Crippen molar-refractivity contribution in [3.05, 3.63) is 82.7 Å². The second-order valence-corrected chi connectivity index (χ2v) is 6.49. The fraction of sp³-hybridized carbons (Fsp3) is 0.190. The fourth-order valence-electron chi connectivity index (χ4n) is 4.09. The third-order valence-corrected chi connectivity index (χ3v) is 5.13. The van der Waals surface area contributed by atoms with Gasteiger partial charge in [0.05, 0.1) is 10.9 Å². The molecule has 2 aliphatic heterocycles. The molecule has 0 radical (unpaired) electrons. The molecule has 3 aromatic rings. The third kappa shape index (κ3) is 1.97. The molecule has 2 aliphatic rings. The summed E-state index contributed by atoms with van der Waals surface area (Å²) in [5.41, 5.74) is 3.15. The summed E-state index contributed by atoms with van der Waals surface area (Å²) in [5, 5.41) is 0.852. The second-order valence-electron chi connectivity index (χ2n) is 6.49. The first-order valence-corrected chi connectivity index (χ1v) is 8.47. The van der Waals surface area contributed by atoms with Gasteiger partial charge in [-0.25, -0.2) is 4.79 Å². The standard InChI is InChI=1S/C21H17NO3/c1-2-11-22-16-9-5-3-7-13(16)15-12-18(22)25-20-14-8-4-6-10-17(14)24-21(23)19(15)20/h2-10,15,18H,1,11-12H2/t15-,18+/m0/s1. The van der Waals surface area contributed by atoms with Crippen molar-refractivity contribution in [3.63, 3.8) is 0 Å². The van der Waals surface area contributed by atoms with Crippen molar-refractivity contribution in [2.24, 2.45) is 0 Å². The van der Waals surface area contributed by atoms with Gasteiger partial charge in [-0.3, -0.25) is 0 Å². The van der Waals surface area contributed by atoms with E-state index in [1.54, 1.807) is 6.07 Å². The topological polar surface area (TPSA) is 42.7 Å². The molecule has 0 saturated carbocycles. The van der Waals surface area contributed by atoms with Crippen molar-refractivity contribution in [2.75, 3.05) is 11.4 Å². The zero-order chi connectivity index (χ0) is 17.0. The van der Waals surface area contributed by atoms with E-state index in [0.717, 1.165) is 23.1 Å². The minimum Gasteiger partial charge on any atom is -0.469 e. The van der Waals surface area contributed by atoms with Crippen LogP contribution in [0.3, 0.4) is 0 Å². The second kappa shape index (κ2) is 5.24. The van der Waals surface area contributed by atoms with Crippen LogP contribution in [-0.2, 0) is 0 Å². The van der Waals surface area contributed by atoms with Crippen molar-refractivity contribution >= 4 is 16.7 Å². The van der Waals surface area contributed by atoms with Crippen molar-refractivity contribution < 1.29 is 9.15 Å². The lowest BCUT2D eigenvalue weighted by molar-refractivity contribution is 0.154. The fourth-order valence-corrected chi connectivity index (χ4v) is 4.09. The molecule has 2 bridgehead atoms. The quantitative estimate of drug-likeness (QED) is 0.525. The Balaban J connectivity index is 1.81. The lowest BCUT2D eigenvalue weighted by Gasteiger charge is -2.45. The van der Waals surface area contributed by atoms with Crippen LogP contribution in [0.5, 0.6) is 5.75 Å². The largest absolute Gasteiger partial charge is 0.469 e. The number of hydrogen-bond acceptors (Lipinski definition) is 4. The molecule has 0 N–H and O–H groups in total. The number of benzene rings is 2. The van der Waals surface area contributed by atoms with Crippen molar-refractivity contribution in [3.8, 4) is 5.75 Å². The summed E-state index contributed by atoms with van der Waals surface area (Å²) in [6.07, 6.45) is 2.50. The number of anilines is 1. The van der Waals surface area contributed by atoms with E-state index in [1.165, 1.54) is 0 Å². The smallest absolute Gasteiger partial charge is 0.343 e. The summed E-state index contributed by atoms with van der Waals surface area (Å²) in [4.78, 5) is 14.9. The monoisotopic (exact) mass is 331 g/mol. The number of fused-ring (bicyclic) bond motifs is 8. The molecule has 0 amide bonds. The molecule has 2 atom stereocenters. The Kier molecular flexibility index (Phi) is 3.01. The van der Waals surface area contributed by atoms with Gasteiger partial charge in [0.25, 0.3) is 0 Å². The Labute approximate surface area is 144 Å². The highest BCUT2D eigenvalue weighted by Gasteiger charge is 2.42. The van der Waals surface area contributed by atoms with Crippen LogP contribution in [0, 0.1) is 0 Å². The molecule has 0 aliphatic carbocycles. The van der Waals surface area contributed by atoms with Gasteiger partial charge in [-0.1, -0.05) is 36.4 Å². The van der Waals surface area contributed by atoms with Crippen LogP contribution in [0.1, 0.15) is 23.5 Å². The predicted molar refractivity (Wildman–Crippen MR) is 97.3 cm³/mol. The van der Waals surface area contributed by atoms with Crippen LogP contribution < -0.4 is 15.3 Å². The average molecular weight is 331 g/mol. The van der Waals surface area contributed by atoms with Crippen LogP contribution in [0.25, 0.3) is 11.0 Å². The average Bonchev–Trinajstić information content (AvgIpc) is 2.65. The first kappa shape index (κ1) is 14.3. The highest BCUT2D eigenvalue weighted by atomic mass is 16.5. The van der Waals surface area contributed by atoms with Crippen LogP contribution >= 0.6 is 0 Å². The minimum absolute atomic E-state index is 0.00753. The van der Waals surface area contributed by atoms with Gasteiger partial charge < -0.3 is 14.1 Å². The van der Waals surface area contributed by atoms with E-state index >= 15 is 0 Å². The number of rotatable bonds is 2. The predicted octanol–water partition coefficient (Wildman–Crippen LogP) is 4.04. The van der Waals surface area contributed by atoms with Crippen LogP contribution in [0.4, 0.5) is 5.69 Å². The van der Waals surface area contributed by atoms with Gasteiger partial charge in [0.1, 0.15) is 11.3 Å². The van der Waals surface area contributed by atoms with Gasteiger partial charge in [0, 0.05) is 24.6 Å². The summed E-state index contributed by atoms with van der Waals surface area (Å²) >= 11 is 0. The van der Waals surface area contributed by atoms with Gasteiger partial charge in [0.2, 0.25) is 0 Å². The van der Waals surface area contributed by atoms with Crippen molar-refractivity contribution in [2.45, 2.75) is 18.6 Å². The van der Waals surface area contributed by atoms with Gasteiger partial charge in [-0.05, 0) is 23.8 Å². The Morgan fingerprint density at radius 1 is 1.16 bits per heavy atom. The van der Waals surface area contributed by atoms with E-state index in [2.05, 4.69) is 23.6 Å². The lowest BCUT2D eigenvalue weighted by atomic mass is 9.81. The molecule has 2 aromatic carbocycles. The number of nitrogens with zero attached hydrogens (tertiary/aromatic N) is 1. The maximum atomic E-state index is 12.7.